The number of thioether (sulfide) groups is 1. The van der Waals surface area contributed by atoms with Crippen LogP contribution in [-0.2, 0) is 48.3 Å². The molecule has 0 bridgehead atoms. The molecule has 8 heteroatoms. The van der Waals surface area contributed by atoms with Crippen LogP contribution in [0.3, 0.4) is 0 Å². The van der Waals surface area contributed by atoms with Crippen molar-refractivity contribution >= 4 is 17.7 Å². The highest BCUT2D eigenvalue weighted by Gasteiger charge is 2.51. The Hall–Kier alpha value is -3.66. The van der Waals surface area contributed by atoms with Crippen LogP contribution in [0.15, 0.2) is 120 Å². The minimum absolute atomic E-state index is 0.259. The van der Waals surface area contributed by atoms with Crippen LogP contribution < -0.4 is 4.74 Å². The standard InChI is InChI=1S/C35H36O7S/c1-37-28-20-18-27(19-21-28)24-41-33-31(40-23-26-14-8-4-9-15-26)30(39-22-25-12-6-3-7-13-25)32(34(36)38-2)42-35(33)43-29-16-10-5-11-17-29/h3-21,30-33,35H,22-24H2,1-2H3/t30-,31-,32-,33-,35+/m0/s1. The van der Waals surface area contributed by atoms with Crippen molar-refractivity contribution in [2.24, 2.45) is 0 Å². The monoisotopic (exact) mass is 600 g/mol. The minimum Gasteiger partial charge on any atom is -0.497 e. The van der Waals surface area contributed by atoms with Crippen molar-refractivity contribution in [3.8, 4) is 5.75 Å². The van der Waals surface area contributed by atoms with Crippen LogP contribution >= 0.6 is 11.8 Å². The number of benzene rings is 4. The van der Waals surface area contributed by atoms with E-state index in [1.54, 1.807) is 7.11 Å². The third-order valence-corrected chi connectivity index (χ3v) is 8.25. The molecule has 0 radical (unpaired) electrons. The molecule has 1 heterocycles. The second-order valence-electron chi connectivity index (χ2n) is 10.0. The maximum Gasteiger partial charge on any atom is 0.337 e. The second kappa shape index (κ2) is 15.7. The van der Waals surface area contributed by atoms with Crippen LogP contribution in [0.4, 0.5) is 0 Å². The molecule has 0 unspecified atom stereocenters. The van der Waals surface area contributed by atoms with Gasteiger partial charge in [0.15, 0.2) is 6.10 Å². The van der Waals surface area contributed by atoms with Gasteiger partial charge in [0.2, 0.25) is 0 Å². The largest absolute Gasteiger partial charge is 0.497 e. The van der Waals surface area contributed by atoms with Crippen molar-refractivity contribution in [1.82, 2.24) is 0 Å². The van der Waals surface area contributed by atoms with Gasteiger partial charge in [0, 0.05) is 4.90 Å². The summed E-state index contributed by atoms with van der Waals surface area (Å²) in [6.45, 7) is 0.855. The van der Waals surface area contributed by atoms with E-state index < -0.39 is 35.8 Å². The molecule has 1 aliphatic rings. The maximum absolute atomic E-state index is 13.2. The molecule has 1 fully saturated rings. The van der Waals surface area contributed by atoms with Crippen molar-refractivity contribution < 1.29 is 33.2 Å². The number of hydrogen-bond acceptors (Lipinski definition) is 8. The van der Waals surface area contributed by atoms with Crippen LogP contribution in [0.5, 0.6) is 5.75 Å². The maximum atomic E-state index is 13.2. The van der Waals surface area contributed by atoms with Gasteiger partial charge >= 0.3 is 5.97 Å². The molecule has 224 valence electrons. The number of rotatable bonds is 13. The molecule has 5 rings (SSSR count). The molecule has 7 nitrogen and oxygen atoms in total. The first kappa shape index (κ1) is 30.8. The smallest absolute Gasteiger partial charge is 0.337 e. The van der Waals surface area contributed by atoms with E-state index >= 15 is 0 Å². The van der Waals surface area contributed by atoms with Crippen molar-refractivity contribution in [3.05, 3.63) is 132 Å². The zero-order valence-corrected chi connectivity index (χ0v) is 25.1. The van der Waals surface area contributed by atoms with Gasteiger partial charge in [-0.05, 0) is 41.0 Å². The van der Waals surface area contributed by atoms with Crippen molar-refractivity contribution in [2.75, 3.05) is 14.2 Å². The molecule has 5 atom stereocenters. The van der Waals surface area contributed by atoms with Gasteiger partial charge < -0.3 is 28.4 Å². The van der Waals surface area contributed by atoms with Crippen LogP contribution in [-0.4, -0.2) is 50.0 Å². The fourth-order valence-corrected chi connectivity index (χ4v) is 5.97. The summed E-state index contributed by atoms with van der Waals surface area (Å²) in [6, 6.07) is 37.3. The Morgan fingerprint density at radius 1 is 0.628 bits per heavy atom. The average Bonchev–Trinajstić information content (AvgIpc) is 3.07. The summed E-state index contributed by atoms with van der Waals surface area (Å²) in [6.07, 6.45) is -3.10. The Balaban J connectivity index is 1.48. The first-order valence-corrected chi connectivity index (χ1v) is 15.0. The lowest BCUT2D eigenvalue weighted by molar-refractivity contribution is -0.248. The fraction of sp³-hybridized carbons (Fsp3) is 0.286. The molecule has 0 N–H and O–H groups in total. The van der Waals surface area contributed by atoms with Gasteiger partial charge in [-0.25, -0.2) is 4.79 Å². The Morgan fingerprint density at radius 3 is 1.65 bits per heavy atom. The molecule has 0 saturated carbocycles. The van der Waals surface area contributed by atoms with Gasteiger partial charge in [-0.2, -0.15) is 0 Å². The molecule has 4 aromatic carbocycles. The Kier molecular flexibility index (Phi) is 11.2. The van der Waals surface area contributed by atoms with Crippen molar-refractivity contribution in [3.63, 3.8) is 0 Å². The van der Waals surface area contributed by atoms with Gasteiger partial charge in [-0.1, -0.05) is 103 Å². The van der Waals surface area contributed by atoms with Crippen LogP contribution in [0.2, 0.25) is 0 Å². The normalized spacial score (nSPS) is 21.7. The lowest BCUT2D eigenvalue weighted by Gasteiger charge is -2.45. The van der Waals surface area contributed by atoms with Gasteiger partial charge in [-0.15, -0.1) is 0 Å². The number of hydrogen-bond donors (Lipinski definition) is 0. The van der Waals surface area contributed by atoms with Gasteiger partial charge in [0.25, 0.3) is 0 Å². The SMILES string of the molecule is COC(=O)[C@H]1O[C@H](Sc2ccccc2)[C@@H](OCc2ccc(OC)cc2)[C@@H](OCc2ccccc2)[C@@H]1OCc1ccccc1. The van der Waals surface area contributed by atoms with E-state index in [4.69, 9.17) is 28.4 Å². The number of carbonyl (C=O) groups excluding carboxylic acids is 1. The highest BCUT2D eigenvalue weighted by Crippen LogP contribution is 2.38. The number of methoxy groups -OCH3 is 2. The van der Waals surface area contributed by atoms with Crippen LogP contribution in [0.25, 0.3) is 0 Å². The lowest BCUT2D eigenvalue weighted by atomic mass is 9.98. The van der Waals surface area contributed by atoms with E-state index in [0.29, 0.717) is 13.2 Å². The summed E-state index contributed by atoms with van der Waals surface area (Å²) in [5, 5.41) is 0. The zero-order chi connectivity index (χ0) is 29.9. The molecule has 0 aliphatic carbocycles. The first-order valence-electron chi connectivity index (χ1n) is 14.1. The third-order valence-electron chi connectivity index (χ3n) is 7.10. The number of carbonyl (C=O) groups is 1. The summed E-state index contributed by atoms with van der Waals surface area (Å²) >= 11 is 1.48. The topological polar surface area (TPSA) is 72.5 Å². The highest BCUT2D eigenvalue weighted by atomic mass is 32.2. The van der Waals surface area contributed by atoms with E-state index in [1.807, 2.05) is 115 Å². The molecular weight excluding hydrogens is 564 g/mol. The second-order valence-corrected chi connectivity index (χ2v) is 11.2. The van der Waals surface area contributed by atoms with Crippen molar-refractivity contribution in [1.29, 1.82) is 0 Å². The van der Waals surface area contributed by atoms with E-state index in [9.17, 15) is 4.79 Å². The van der Waals surface area contributed by atoms with Gasteiger partial charge in [0.05, 0.1) is 34.0 Å². The predicted molar refractivity (Wildman–Crippen MR) is 165 cm³/mol. The van der Waals surface area contributed by atoms with E-state index in [0.717, 1.165) is 27.3 Å². The molecule has 0 aromatic heterocycles. The predicted octanol–water partition coefficient (Wildman–Crippen LogP) is 6.44. The van der Waals surface area contributed by atoms with Gasteiger partial charge in [0.1, 0.15) is 29.5 Å². The van der Waals surface area contributed by atoms with E-state index in [2.05, 4.69) is 0 Å². The Morgan fingerprint density at radius 2 is 1.12 bits per heavy atom. The fourth-order valence-electron chi connectivity index (χ4n) is 4.84. The average molecular weight is 601 g/mol. The molecule has 43 heavy (non-hydrogen) atoms. The number of esters is 1. The summed E-state index contributed by atoms with van der Waals surface area (Å²) in [7, 11) is 2.99. The molecule has 1 saturated heterocycles. The Labute approximate surface area is 257 Å². The van der Waals surface area contributed by atoms with Crippen LogP contribution in [0, 0.1) is 0 Å². The quantitative estimate of drug-likeness (QED) is 0.162. The summed E-state index contributed by atoms with van der Waals surface area (Å²) in [4.78, 5) is 14.2. The van der Waals surface area contributed by atoms with Crippen molar-refractivity contribution in [2.45, 2.75) is 54.6 Å². The summed E-state index contributed by atoms with van der Waals surface area (Å²) < 4.78 is 36.7. The first-order chi connectivity index (χ1) is 21.1. The van der Waals surface area contributed by atoms with E-state index in [1.165, 1.54) is 18.9 Å². The summed E-state index contributed by atoms with van der Waals surface area (Å²) in [5.41, 5.74) is 2.32. The minimum atomic E-state index is -1.03. The molecule has 0 amide bonds. The molecule has 1 aliphatic heterocycles. The molecular formula is C35H36O7S. The molecule has 0 spiro atoms. The highest BCUT2D eigenvalue weighted by molar-refractivity contribution is 7.99. The van der Waals surface area contributed by atoms with Crippen LogP contribution in [0.1, 0.15) is 16.7 Å². The lowest BCUT2D eigenvalue weighted by Crippen LogP contribution is -2.61. The Bertz CT molecular complexity index is 1390. The molecule has 4 aromatic rings. The van der Waals surface area contributed by atoms with E-state index in [-0.39, 0.29) is 6.61 Å². The third kappa shape index (κ3) is 8.46. The zero-order valence-electron chi connectivity index (χ0n) is 24.2. The number of ether oxygens (including phenoxy) is 6. The summed E-state index contributed by atoms with van der Waals surface area (Å²) in [5.74, 6) is 0.236. The van der Waals surface area contributed by atoms with Gasteiger partial charge in [-0.3, -0.25) is 0 Å².